The monoisotopic (exact) mass is 449 g/mol. The maximum absolute atomic E-state index is 12.1. The number of nitrogens with zero attached hydrogens (tertiary/aromatic N) is 1. The Labute approximate surface area is 179 Å². The summed E-state index contributed by atoms with van der Waals surface area (Å²) in [6.45, 7) is 1.30. The zero-order chi connectivity index (χ0) is 22.1. The van der Waals surface area contributed by atoms with E-state index in [0.29, 0.717) is 5.02 Å². The van der Waals surface area contributed by atoms with E-state index in [-0.39, 0.29) is 29.5 Å². The fourth-order valence-corrected chi connectivity index (χ4v) is 3.58. The molecule has 0 aliphatic rings. The van der Waals surface area contributed by atoms with Gasteiger partial charge in [-0.3, -0.25) is 4.79 Å². The van der Waals surface area contributed by atoms with Crippen molar-refractivity contribution in [1.29, 1.82) is 5.26 Å². The van der Waals surface area contributed by atoms with Crippen molar-refractivity contribution in [2.24, 2.45) is 0 Å². The Bertz CT molecular complexity index is 1030. The van der Waals surface area contributed by atoms with E-state index in [1.807, 2.05) is 6.07 Å². The molecule has 2 N–H and O–H groups in total. The average Bonchev–Trinajstić information content (AvgIpc) is 2.72. The van der Waals surface area contributed by atoms with Gasteiger partial charge in [-0.25, -0.2) is 17.9 Å². The zero-order valence-electron chi connectivity index (χ0n) is 16.1. The van der Waals surface area contributed by atoms with E-state index in [4.69, 9.17) is 21.6 Å². The van der Waals surface area contributed by atoms with Crippen molar-refractivity contribution in [1.82, 2.24) is 10.0 Å². The van der Waals surface area contributed by atoms with Crippen molar-refractivity contribution >= 4 is 33.5 Å². The molecule has 1 unspecified atom stereocenters. The first-order valence-electron chi connectivity index (χ1n) is 8.91. The van der Waals surface area contributed by atoms with Crippen LogP contribution in [0, 0.1) is 11.3 Å². The molecule has 0 aliphatic carbocycles. The van der Waals surface area contributed by atoms with Gasteiger partial charge in [-0.1, -0.05) is 23.7 Å². The van der Waals surface area contributed by atoms with Gasteiger partial charge in [0.25, 0.3) is 5.91 Å². The molecule has 0 bridgehead atoms. The summed E-state index contributed by atoms with van der Waals surface area (Å²) >= 11 is 5.83. The summed E-state index contributed by atoms with van der Waals surface area (Å²) in [6, 6.07) is 13.6. The number of ether oxygens (including phenoxy) is 1. The van der Waals surface area contributed by atoms with Gasteiger partial charge in [-0.15, -0.1) is 0 Å². The Morgan fingerprint density at radius 2 is 1.77 bits per heavy atom. The number of halogens is 1. The van der Waals surface area contributed by atoms with E-state index in [1.54, 1.807) is 31.2 Å². The second kappa shape index (κ2) is 10.7. The number of benzene rings is 2. The number of esters is 1. The molecule has 2 aromatic carbocycles. The van der Waals surface area contributed by atoms with Gasteiger partial charge in [-0.2, -0.15) is 5.26 Å². The van der Waals surface area contributed by atoms with Crippen molar-refractivity contribution in [3.05, 3.63) is 64.7 Å². The minimum atomic E-state index is -3.77. The molecule has 1 atom stereocenters. The van der Waals surface area contributed by atoms with Gasteiger partial charge < -0.3 is 10.1 Å². The van der Waals surface area contributed by atoms with Crippen molar-refractivity contribution in [2.75, 3.05) is 13.2 Å². The Balaban J connectivity index is 1.87. The summed E-state index contributed by atoms with van der Waals surface area (Å²) in [5, 5.41) is 11.8. The van der Waals surface area contributed by atoms with Crippen molar-refractivity contribution < 1.29 is 22.7 Å². The minimum absolute atomic E-state index is 0.00776. The summed E-state index contributed by atoms with van der Waals surface area (Å²) in [7, 11) is -3.77. The van der Waals surface area contributed by atoms with E-state index < -0.39 is 28.5 Å². The highest BCUT2D eigenvalue weighted by Gasteiger charge is 2.16. The first-order valence-corrected chi connectivity index (χ1v) is 10.8. The Hall–Kier alpha value is -2.93. The van der Waals surface area contributed by atoms with Crippen LogP contribution in [-0.4, -0.2) is 33.4 Å². The van der Waals surface area contributed by atoms with Crippen LogP contribution in [0.25, 0.3) is 0 Å². The smallest absolute Gasteiger partial charge is 0.338 e. The van der Waals surface area contributed by atoms with Gasteiger partial charge in [0.05, 0.1) is 22.6 Å². The molecule has 0 aliphatic heterocycles. The van der Waals surface area contributed by atoms with Crippen LogP contribution in [0.15, 0.2) is 53.4 Å². The molecule has 0 saturated carbocycles. The van der Waals surface area contributed by atoms with E-state index in [1.165, 1.54) is 24.3 Å². The lowest BCUT2D eigenvalue weighted by atomic mass is 10.1. The van der Waals surface area contributed by atoms with E-state index in [0.717, 1.165) is 5.56 Å². The number of hydrogen-bond donors (Lipinski definition) is 2. The van der Waals surface area contributed by atoms with E-state index >= 15 is 0 Å². The van der Waals surface area contributed by atoms with Gasteiger partial charge in [0, 0.05) is 18.0 Å². The summed E-state index contributed by atoms with van der Waals surface area (Å²) < 4.78 is 31.3. The predicted molar refractivity (Wildman–Crippen MR) is 110 cm³/mol. The zero-order valence-corrected chi connectivity index (χ0v) is 17.7. The number of carbonyl (C=O) groups is 2. The molecular weight excluding hydrogens is 430 g/mol. The van der Waals surface area contributed by atoms with Crippen LogP contribution < -0.4 is 10.0 Å². The lowest BCUT2D eigenvalue weighted by Gasteiger charge is -2.14. The fourth-order valence-electron chi connectivity index (χ4n) is 2.43. The second-order valence-electron chi connectivity index (χ2n) is 6.25. The third kappa shape index (κ3) is 6.84. The molecule has 0 aromatic heterocycles. The molecule has 0 radical (unpaired) electrons. The number of sulfonamides is 1. The highest BCUT2D eigenvalue weighted by Crippen LogP contribution is 2.16. The maximum Gasteiger partial charge on any atom is 0.338 e. The van der Waals surface area contributed by atoms with Crippen LogP contribution in [0.3, 0.4) is 0 Å². The Kier molecular flexibility index (Phi) is 8.35. The highest BCUT2D eigenvalue weighted by atomic mass is 35.5. The number of hydrogen-bond acceptors (Lipinski definition) is 6. The lowest BCUT2D eigenvalue weighted by molar-refractivity contribution is -0.124. The second-order valence-corrected chi connectivity index (χ2v) is 8.45. The van der Waals surface area contributed by atoms with Crippen LogP contribution in [0.2, 0.25) is 5.02 Å². The van der Waals surface area contributed by atoms with E-state index in [9.17, 15) is 18.0 Å². The predicted octanol–water partition coefficient (Wildman–Crippen LogP) is 2.57. The first-order chi connectivity index (χ1) is 14.2. The minimum Gasteiger partial charge on any atom is -0.452 e. The van der Waals surface area contributed by atoms with Gasteiger partial charge in [0.1, 0.15) is 0 Å². The number of rotatable bonds is 9. The number of amides is 1. The molecule has 158 valence electrons. The molecule has 1 amide bonds. The van der Waals surface area contributed by atoms with Crippen molar-refractivity contribution in [2.45, 2.75) is 24.3 Å². The highest BCUT2D eigenvalue weighted by molar-refractivity contribution is 7.89. The SMILES string of the molecule is CC(NC(=O)COC(=O)c1ccc(S(=O)(=O)NCCC#N)cc1)c1ccc(Cl)cc1. The van der Waals surface area contributed by atoms with Crippen LogP contribution >= 0.6 is 11.6 Å². The molecular formula is C20H20ClN3O5S. The summed E-state index contributed by atoms with van der Waals surface area (Å²) in [6.07, 6.45) is 0.0440. The van der Waals surface area contributed by atoms with Crippen molar-refractivity contribution in [3.8, 4) is 6.07 Å². The Morgan fingerprint density at radius 3 is 2.37 bits per heavy atom. The summed E-state index contributed by atoms with van der Waals surface area (Å²) in [5.41, 5.74) is 0.948. The van der Waals surface area contributed by atoms with Crippen LogP contribution in [0.4, 0.5) is 0 Å². The number of nitriles is 1. The normalized spacial score (nSPS) is 11.9. The quantitative estimate of drug-likeness (QED) is 0.447. The standard InChI is InChI=1S/C20H20ClN3O5S/c1-14(15-3-7-17(21)8-4-15)24-19(25)13-29-20(26)16-5-9-18(10-6-16)30(27,28)23-12-2-11-22/h3-10,14,23H,2,12-13H2,1H3,(H,24,25). The third-order valence-electron chi connectivity index (χ3n) is 4.01. The molecule has 10 heteroatoms. The summed E-state index contributed by atoms with van der Waals surface area (Å²) in [4.78, 5) is 24.1. The van der Waals surface area contributed by atoms with Gasteiger partial charge in [-0.05, 0) is 48.9 Å². The molecule has 0 saturated heterocycles. The number of nitrogens with one attached hydrogen (secondary N) is 2. The average molecular weight is 450 g/mol. The first kappa shape index (κ1) is 23.3. The summed E-state index contributed by atoms with van der Waals surface area (Å²) in [5.74, 6) is -1.24. The maximum atomic E-state index is 12.1. The van der Waals surface area contributed by atoms with Gasteiger partial charge in [0.2, 0.25) is 10.0 Å². The van der Waals surface area contributed by atoms with Crippen molar-refractivity contribution in [3.63, 3.8) is 0 Å². The largest absolute Gasteiger partial charge is 0.452 e. The third-order valence-corrected chi connectivity index (χ3v) is 5.74. The van der Waals surface area contributed by atoms with Gasteiger partial charge in [0.15, 0.2) is 6.61 Å². The van der Waals surface area contributed by atoms with Crippen LogP contribution in [0.5, 0.6) is 0 Å². The fraction of sp³-hybridized carbons (Fsp3) is 0.250. The Morgan fingerprint density at radius 1 is 1.13 bits per heavy atom. The number of carbonyl (C=O) groups excluding carboxylic acids is 2. The lowest BCUT2D eigenvalue weighted by Crippen LogP contribution is -2.31. The molecule has 0 spiro atoms. The van der Waals surface area contributed by atoms with Crippen LogP contribution in [0.1, 0.15) is 35.3 Å². The molecule has 2 rings (SSSR count). The molecule has 30 heavy (non-hydrogen) atoms. The van der Waals surface area contributed by atoms with Crippen LogP contribution in [-0.2, 0) is 19.6 Å². The topological polar surface area (TPSA) is 125 Å². The molecule has 0 heterocycles. The van der Waals surface area contributed by atoms with Gasteiger partial charge >= 0.3 is 5.97 Å². The molecule has 2 aromatic rings. The molecule has 8 nitrogen and oxygen atoms in total. The molecule has 0 fully saturated rings. The van der Waals surface area contributed by atoms with E-state index in [2.05, 4.69) is 10.0 Å².